The van der Waals surface area contributed by atoms with Crippen LogP contribution in [-0.2, 0) is 14.3 Å². The van der Waals surface area contributed by atoms with Gasteiger partial charge in [0.05, 0.1) is 12.0 Å². The van der Waals surface area contributed by atoms with Crippen molar-refractivity contribution >= 4 is 5.97 Å². The summed E-state index contributed by atoms with van der Waals surface area (Å²) >= 11 is 0. The number of aliphatic hydroxyl groups excluding tert-OH is 1. The van der Waals surface area contributed by atoms with E-state index in [1.165, 1.54) is 0 Å². The summed E-state index contributed by atoms with van der Waals surface area (Å²) in [7, 11) is 1.55. The molecular weight excluding hydrogens is 296 g/mol. The Kier molecular flexibility index (Phi) is 4.96. The van der Waals surface area contributed by atoms with Crippen LogP contribution in [0.2, 0.25) is 0 Å². The topological polar surface area (TPSA) is 76.0 Å². The first-order valence-electron chi connectivity index (χ1n) is 8.44. The average Bonchev–Trinajstić information content (AvgIpc) is 2.44. The predicted octanol–water partition coefficient (Wildman–Crippen LogP) is 2.35. The van der Waals surface area contributed by atoms with Crippen molar-refractivity contribution in [2.75, 3.05) is 7.11 Å². The van der Waals surface area contributed by atoms with Gasteiger partial charge in [-0.05, 0) is 59.0 Å². The lowest BCUT2D eigenvalue weighted by atomic mass is 9.56. The summed E-state index contributed by atoms with van der Waals surface area (Å²) < 4.78 is 11.3. The molecule has 0 aromatic heterocycles. The standard InChI is InChI=1S/C18H30O5/c1-6-12-8-7-9-17(22-5)11-13(19)10-14(18(12,17)21)15(20)23-16(2,3)4/h6,13-14,19,21H,7-11H2,1-5H3/b12-6+/t13-,14-,17+,18+/m0/s1. The van der Waals surface area contributed by atoms with Gasteiger partial charge in [0.1, 0.15) is 16.8 Å². The fourth-order valence-corrected chi connectivity index (χ4v) is 4.29. The molecule has 5 nitrogen and oxygen atoms in total. The van der Waals surface area contributed by atoms with Gasteiger partial charge in [0.25, 0.3) is 0 Å². The Bertz CT molecular complexity index is 492. The quantitative estimate of drug-likeness (QED) is 0.602. The van der Waals surface area contributed by atoms with Crippen LogP contribution in [-0.4, -0.2) is 46.2 Å². The summed E-state index contributed by atoms with van der Waals surface area (Å²) in [5.74, 6) is -1.29. The number of carbonyl (C=O) groups excluding carboxylic acids is 1. The smallest absolute Gasteiger partial charge is 0.312 e. The molecule has 23 heavy (non-hydrogen) atoms. The lowest BCUT2D eigenvalue weighted by Gasteiger charge is -2.57. The van der Waals surface area contributed by atoms with Gasteiger partial charge in [-0.15, -0.1) is 0 Å². The van der Waals surface area contributed by atoms with Crippen LogP contribution in [0, 0.1) is 5.92 Å². The molecule has 0 spiro atoms. The van der Waals surface area contributed by atoms with Crippen LogP contribution in [0.4, 0.5) is 0 Å². The highest BCUT2D eigenvalue weighted by atomic mass is 16.6. The molecule has 4 atom stereocenters. The number of ether oxygens (including phenoxy) is 2. The first kappa shape index (κ1) is 18.4. The highest BCUT2D eigenvalue weighted by Crippen LogP contribution is 2.54. The Labute approximate surface area is 138 Å². The Balaban J connectivity index is 2.49. The number of allylic oxidation sites excluding steroid dienone is 1. The van der Waals surface area contributed by atoms with Gasteiger partial charge < -0.3 is 19.7 Å². The predicted molar refractivity (Wildman–Crippen MR) is 86.9 cm³/mol. The van der Waals surface area contributed by atoms with Crippen molar-refractivity contribution < 1.29 is 24.5 Å². The number of esters is 1. The zero-order chi connectivity index (χ0) is 17.5. The van der Waals surface area contributed by atoms with Gasteiger partial charge in [-0.2, -0.15) is 0 Å². The number of aliphatic hydroxyl groups is 2. The molecular formula is C18H30O5. The summed E-state index contributed by atoms with van der Waals surface area (Å²) in [5, 5.41) is 22.0. The van der Waals surface area contributed by atoms with E-state index in [2.05, 4.69) is 0 Å². The van der Waals surface area contributed by atoms with Gasteiger partial charge >= 0.3 is 5.97 Å². The van der Waals surface area contributed by atoms with Crippen LogP contribution in [0.3, 0.4) is 0 Å². The van der Waals surface area contributed by atoms with Gasteiger partial charge in [-0.1, -0.05) is 6.08 Å². The van der Waals surface area contributed by atoms with E-state index in [4.69, 9.17) is 9.47 Å². The second kappa shape index (κ2) is 6.19. The van der Waals surface area contributed by atoms with Gasteiger partial charge in [-0.25, -0.2) is 0 Å². The minimum Gasteiger partial charge on any atom is -0.460 e. The van der Waals surface area contributed by atoms with Crippen molar-refractivity contribution in [2.45, 2.75) is 82.7 Å². The molecule has 0 aliphatic heterocycles. The largest absolute Gasteiger partial charge is 0.460 e. The lowest BCUT2D eigenvalue weighted by Crippen LogP contribution is -2.68. The summed E-state index contributed by atoms with van der Waals surface area (Å²) in [4.78, 5) is 12.8. The first-order chi connectivity index (χ1) is 10.6. The van der Waals surface area contributed by atoms with Crippen LogP contribution in [0.25, 0.3) is 0 Å². The molecule has 2 fully saturated rings. The van der Waals surface area contributed by atoms with Crippen LogP contribution in [0.1, 0.15) is 59.8 Å². The maximum atomic E-state index is 12.8. The molecule has 2 saturated carbocycles. The van der Waals surface area contributed by atoms with Gasteiger partial charge in [0, 0.05) is 13.5 Å². The molecule has 2 rings (SSSR count). The fraction of sp³-hybridized carbons (Fsp3) is 0.833. The second-order valence-electron chi connectivity index (χ2n) is 7.81. The lowest BCUT2D eigenvalue weighted by molar-refractivity contribution is -0.237. The number of hydrogen-bond acceptors (Lipinski definition) is 5. The molecule has 0 heterocycles. The van der Waals surface area contributed by atoms with Gasteiger partial charge in [0.15, 0.2) is 0 Å². The average molecular weight is 326 g/mol. The maximum Gasteiger partial charge on any atom is 0.312 e. The molecule has 2 aliphatic rings. The van der Waals surface area contributed by atoms with E-state index < -0.39 is 34.8 Å². The Morgan fingerprint density at radius 3 is 2.57 bits per heavy atom. The zero-order valence-corrected chi connectivity index (χ0v) is 14.9. The zero-order valence-electron chi connectivity index (χ0n) is 14.9. The summed E-state index contributed by atoms with van der Waals surface area (Å²) in [6.45, 7) is 7.27. The van der Waals surface area contributed by atoms with Crippen LogP contribution < -0.4 is 0 Å². The molecule has 0 radical (unpaired) electrons. The minimum absolute atomic E-state index is 0.188. The van der Waals surface area contributed by atoms with Crippen molar-refractivity contribution in [3.8, 4) is 0 Å². The number of rotatable bonds is 2. The first-order valence-corrected chi connectivity index (χ1v) is 8.44. The van der Waals surface area contributed by atoms with E-state index in [-0.39, 0.29) is 6.42 Å². The molecule has 2 aliphatic carbocycles. The van der Waals surface area contributed by atoms with Crippen molar-refractivity contribution in [1.82, 2.24) is 0 Å². The van der Waals surface area contributed by atoms with Crippen molar-refractivity contribution in [2.24, 2.45) is 5.92 Å². The third-order valence-corrected chi connectivity index (χ3v) is 5.22. The number of hydrogen-bond donors (Lipinski definition) is 2. The highest BCUT2D eigenvalue weighted by molar-refractivity contribution is 5.76. The molecule has 0 saturated heterocycles. The van der Waals surface area contributed by atoms with Crippen LogP contribution in [0.5, 0.6) is 0 Å². The van der Waals surface area contributed by atoms with E-state index in [1.807, 2.05) is 13.0 Å². The molecule has 132 valence electrons. The fourth-order valence-electron chi connectivity index (χ4n) is 4.29. The normalized spacial score (nSPS) is 39.9. The third kappa shape index (κ3) is 3.06. The van der Waals surface area contributed by atoms with Gasteiger partial charge in [-0.3, -0.25) is 4.79 Å². The molecule has 0 bridgehead atoms. The second-order valence-corrected chi connectivity index (χ2v) is 7.81. The number of methoxy groups -OCH3 is 1. The summed E-state index contributed by atoms with van der Waals surface area (Å²) in [6.07, 6.45) is 3.92. The van der Waals surface area contributed by atoms with Crippen molar-refractivity contribution in [3.63, 3.8) is 0 Å². The molecule has 0 unspecified atom stereocenters. The summed E-state index contributed by atoms with van der Waals surface area (Å²) in [6, 6.07) is 0. The number of carbonyl (C=O) groups is 1. The summed E-state index contributed by atoms with van der Waals surface area (Å²) in [5.41, 5.74) is -2.19. The van der Waals surface area contributed by atoms with E-state index in [9.17, 15) is 15.0 Å². The Hall–Kier alpha value is -0.910. The van der Waals surface area contributed by atoms with E-state index in [0.717, 1.165) is 18.4 Å². The third-order valence-electron chi connectivity index (χ3n) is 5.22. The molecule has 0 aromatic rings. The Morgan fingerprint density at radius 2 is 2.04 bits per heavy atom. The SMILES string of the molecule is C/C=C1\CCC[C@@]2(OC)C[C@@H](O)C[C@@H](C(=O)OC(C)(C)C)[C@]12O. The molecule has 5 heteroatoms. The molecule has 0 amide bonds. The van der Waals surface area contributed by atoms with Crippen molar-refractivity contribution in [1.29, 1.82) is 0 Å². The van der Waals surface area contributed by atoms with E-state index >= 15 is 0 Å². The van der Waals surface area contributed by atoms with Gasteiger partial charge in [0.2, 0.25) is 0 Å². The monoisotopic (exact) mass is 326 g/mol. The van der Waals surface area contributed by atoms with E-state index in [1.54, 1.807) is 27.9 Å². The van der Waals surface area contributed by atoms with E-state index in [0.29, 0.717) is 12.8 Å². The minimum atomic E-state index is -1.42. The highest BCUT2D eigenvalue weighted by Gasteiger charge is 2.64. The Morgan fingerprint density at radius 1 is 1.39 bits per heavy atom. The maximum absolute atomic E-state index is 12.8. The van der Waals surface area contributed by atoms with Crippen molar-refractivity contribution in [3.05, 3.63) is 11.6 Å². The van der Waals surface area contributed by atoms with Crippen LogP contribution >= 0.6 is 0 Å². The van der Waals surface area contributed by atoms with Crippen LogP contribution in [0.15, 0.2) is 11.6 Å². The number of fused-ring (bicyclic) bond motifs is 1. The molecule has 0 aromatic carbocycles. The molecule has 2 N–H and O–H groups in total.